The van der Waals surface area contributed by atoms with E-state index in [-0.39, 0.29) is 12.3 Å². The molecule has 1 N–H and O–H groups in total. The van der Waals surface area contributed by atoms with E-state index in [0.717, 1.165) is 22.6 Å². The molecule has 2 aromatic carbocycles. The number of alkyl halides is 3. The number of thiazole rings is 1. The fraction of sp³-hybridized carbons (Fsp3) is 0.158. The molecule has 1 aromatic heterocycles. The van der Waals surface area contributed by atoms with Crippen LogP contribution in [0.25, 0.3) is 0 Å². The number of rotatable bonds is 5. The molecule has 3 rings (SSSR count). The Labute approximate surface area is 152 Å². The molecule has 0 saturated carbocycles. The number of amides is 1. The molecule has 0 unspecified atom stereocenters. The summed E-state index contributed by atoms with van der Waals surface area (Å²) in [5.74, 6) is -0.184. The van der Waals surface area contributed by atoms with Gasteiger partial charge in [-0.3, -0.25) is 4.79 Å². The molecule has 7 heteroatoms. The van der Waals surface area contributed by atoms with Gasteiger partial charge in [-0.2, -0.15) is 13.2 Å². The average molecular weight is 376 g/mol. The number of hydrogen-bond acceptors (Lipinski definition) is 3. The van der Waals surface area contributed by atoms with Gasteiger partial charge in [0.15, 0.2) is 5.13 Å². The molecule has 134 valence electrons. The van der Waals surface area contributed by atoms with Crippen molar-refractivity contribution in [2.24, 2.45) is 0 Å². The molecule has 26 heavy (non-hydrogen) atoms. The van der Waals surface area contributed by atoms with Gasteiger partial charge in [-0.15, -0.1) is 11.3 Å². The molecule has 0 radical (unpaired) electrons. The predicted octanol–water partition coefficient (Wildman–Crippen LogP) is 4.93. The van der Waals surface area contributed by atoms with Crippen molar-refractivity contribution in [1.29, 1.82) is 0 Å². The smallest absolute Gasteiger partial charge is 0.302 e. The fourth-order valence-electron chi connectivity index (χ4n) is 2.45. The van der Waals surface area contributed by atoms with Crippen LogP contribution in [0, 0.1) is 0 Å². The van der Waals surface area contributed by atoms with E-state index in [1.807, 2.05) is 30.3 Å². The van der Waals surface area contributed by atoms with Crippen LogP contribution < -0.4 is 5.32 Å². The number of hydrogen-bond donors (Lipinski definition) is 1. The van der Waals surface area contributed by atoms with E-state index < -0.39 is 11.7 Å². The largest absolute Gasteiger partial charge is 0.416 e. The molecular formula is C19H15F3N2OS. The topological polar surface area (TPSA) is 42.0 Å². The van der Waals surface area contributed by atoms with Crippen LogP contribution in [0.2, 0.25) is 0 Å². The number of nitrogens with zero attached hydrogens (tertiary/aromatic N) is 1. The van der Waals surface area contributed by atoms with Gasteiger partial charge in [0.05, 0.1) is 12.0 Å². The second kappa shape index (κ2) is 7.70. The van der Waals surface area contributed by atoms with Gasteiger partial charge in [0.2, 0.25) is 5.91 Å². The summed E-state index contributed by atoms with van der Waals surface area (Å²) < 4.78 is 38.3. The van der Waals surface area contributed by atoms with Gasteiger partial charge in [0, 0.05) is 17.5 Å². The highest BCUT2D eigenvalue weighted by atomic mass is 32.1. The number of anilines is 1. The summed E-state index contributed by atoms with van der Waals surface area (Å²) >= 11 is 1.26. The van der Waals surface area contributed by atoms with Crippen LogP contribution in [-0.2, 0) is 23.8 Å². The Morgan fingerprint density at radius 3 is 2.50 bits per heavy atom. The van der Waals surface area contributed by atoms with Crippen molar-refractivity contribution in [3.05, 3.63) is 82.4 Å². The van der Waals surface area contributed by atoms with Crippen LogP contribution in [0.5, 0.6) is 0 Å². The van der Waals surface area contributed by atoms with Crippen molar-refractivity contribution in [2.45, 2.75) is 19.0 Å². The van der Waals surface area contributed by atoms with E-state index in [9.17, 15) is 18.0 Å². The zero-order valence-electron chi connectivity index (χ0n) is 13.6. The SMILES string of the molecule is O=C(Cc1ccccc1)Nc1ncc(Cc2cccc(C(F)(F)F)c2)s1. The van der Waals surface area contributed by atoms with E-state index in [4.69, 9.17) is 0 Å². The molecule has 1 heterocycles. The zero-order valence-corrected chi connectivity index (χ0v) is 14.4. The van der Waals surface area contributed by atoms with Gasteiger partial charge in [-0.1, -0.05) is 48.5 Å². The Balaban J connectivity index is 1.62. The summed E-state index contributed by atoms with van der Waals surface area (Å²) in [4.78, 5) is 16.9. The maximum absolute atomic E-state index is 12.8. The summed E-state index contributed by atoms with van der Waals surface area (Å²) in [6.45, 7) is 0. The molecule has 1 amide bonds. The minimum Gasteiger partial charge on any atom is -0.302 e. The Morgan fingerprint density at radius 1 is 1.04 bits per heavy atom. The standard InChI is InChI=1S/C19H15F3N2OS/c20-19(21,22)15-8-4-7-14(9-15)10-16-12-23-18(26-16)24-17(25)11-13-5-2-1-3-6-13/h1-9,12H,10-11H2,(H,23,24,25). The summed E-state index contributed by atoms with van der Waals surface area (Å²) in [6.07, 6.45) is -2.22. The predicted molar refractivity (Wildman–Crippen MR) is 95.1 cm³/mol. The Hall–Kier alpha value is -2.67. The molecule has 3 aromatic rings. The van der Waals surface area contributed by atoms with E-state index in [0.29, 0.717) is 17.1 Å². The van der Waals surface area contributed by atoms with Crippen molar-refractivity contribution >= 4 is 22.4 Å². The minimum absolute atomic E-state index is 0.184. The Bertz CT molecular complexity index is 891. The number of nitrogens with one attached hydrogen (secondary N) is 1. The van der Waals surface area contributed by atoms with Crippen LogP contribution in [0.15, 0.2) is 60.8 Å². The van der Waals surface area contributed by atoms with Crippen LogP contribution in [0.4, 0.5) is 18.3 Å². The quantitative estimate of drug-likeness (QED) is 0.686. The molecule has 0 aliphatic heterocycles. The normalized spacial score (nSPS) is 11.3. The molecule has 0 aliphatic rings. The minimum atomic E-state index is -4.36. The van der Waals surface area contributed by atoms with Crippen molar-refractivity contribution in [3.8, 4) is 0 Å². The van der Waals surface area contributed by atoms with Crippen LogP contribution in [0.1, 0.15) is 21.6 Å². The molecular weight excluding hydrogens is 361 g/mol. The lowest BCUT2D eigenvalue weighted by Crippen LogP contribution is -2.13. The van der Waals surface area contributed by atoms with Crippen LogP contribution in [-0.4, -0.2) is 10.9 Å². The second-order valence-corrected chi connectivity index (χ2v) is 6.83. The lowest BCUT2D eigenvalue weighted by molar-refractivity contribution is -0.137. The van der Waals surface area contributed by atoms with Crippen molar-refractivity contribution in [2.75, 3.05) is 5.32 Å². The summed E-state index contributed by atoms with van der Waals surface area (Å²) in [5.41, 5.74) is 0.771. The summed E-state index contributed by atoms with van der Waals surface area (Å²) in [6, 6.07) is 14.5. The number of carbonyl (C=O) groups is 1. The number of carbonyl (C=O) groups excluding carboxylic acids is 1. The lowest BCUT2D eigenvalue weighted by atomic mass is 10.1. The lowest BCUT2D eigenvalue weighted by Gasteiger charge is -2.07. The van der Waals surface area contributed by atoms with Gasteiger partial charge in [-0.05, 0) is 17.2 Å². The van der Waals surface area contributed by atoms with Crippen molar-refractivity contribution in [3.63, 3.8) is 0 Å². The summed E-state index contributed by atoms with van der Waals surface area (Å²) in [5, 5.41) is 3.16. The van der Waals surface area contributed by atoms with Gasteiger partial charge in [-0.25, -0.2) is 4.98 Å². The number of halogens is 3. The third kappa shape index (κ3) is 4.92. The Kier molecular flexibility index (Phi) is 5.37. The van der Waals surface area contributed by atoms with Gasteiger partial charge >= 0.3 is 6.18 Å². The molecule has 0 aliphatic carbocycles. The van der Waals surface area contributed by atoms with Gasteiger partial charge in [0.25, 0.3) is 0 Å². The highest BCUT2D eigenvalue weighted by Crippen LogP contribution is 2.30. The highest BCUT2D eigenvalue weighted by molar-refractivity contribution is 7.15. The number of aromatic nitrogens is 1. The van der Waals surface area contributed by atoms with E-state index in [1.54, 1.807) is 12.3 Å². The monoisotopic (exact) mass is 376 g/mol. The number of benzene rings is 2. The van der Waals surface area contributed by atoms with Gasteiger partial charge in [0.1, 0.15) is 0 Å². The molecule has 0 fully saturated rings. The third-order valence-electron chi connectivity index (χ3n) is 3.64. The molecule has 0 bridgehead atoms. The first-order valence-corrected chi connectivity index (χ1v) is 8.66. The van der Waals surface area contributed by atoms with E-state index in [1.165, 1.54) is 17.4 Å². The zero-order chi connectivity index (χ0) is 18.6. The highest BCUT2D eigenvalue weighted by Gasteiger charge is 2.30. The van der Waals surface area contributed by atoms with Crippen molar-refractivity contribution in [1.82, 2.24) is 4.98 Å². The van der Waals surface area contributed by atoms with Crippen LogP contribution >= 0.6 is 11.3 Å². The molecule has 3 nitrogen and oxygen atoms in total. The maximum atomic E-state index is 12.8. The maximum Gasteiger partial charge on any atom is 0.416 e. The first-order valence-electron chi connectivity index (χ1n) is 7.85. The van der Waals surface area contributed by atoms with Gasteiger partial charge < -0.3 is 5.32 Å². The van der Waals surface area contributed by atoms with E-state index in [2.05, 4.69) is 10.3 Å². The third-order valence-corrected chi connectivity index (χ3v) is 4.55. The van der Waals surface area contributed by atoms with Crippen LogP contribution in [0.3, 0.4) is 0 Å². The average Bonchev–Trinajstić information content (AvgIpc) is 3.02. The van der Waals surface area contributed by atoms with Crippen molar-refractivity contribution < 1.29 is 18.0 Å². The molecule has 0 spiro atoms. The van der Waals surface area contributed by atoms with E-state index >= 15 is 0 Å². The first kappa shape index (κ1) is 18.1. The second-order valence-electron chi connectivity index (χ2n) is 5.72. The molecule has 0 saturated heterocycles. The Morgan fingerprint density at radius 2 is 1.77 bits per heavy atom. The fourth-order valence-corrected chi connectivity index (χ4v) is 3.31. The molecule has 0 atom stereocenters. The first-order chi connectivity index (χ1) is 12.4. The summed E-state index contributed by atoms with van der Waals surface area (Å²) in [7, 11) is 0.